The van der Waals surface area contributed by atoms with Crippen molar-refractivity contribution in [1.29, 1.82) is 0 Å². The molecule has 1 unspecified atom stereocenters. The van der Waals surface area contributed by atoms with Crippen LogP contribution < -0.4 is 9.47 Å². The van der Waals surface area contributed by atoms with Crippen molar-refractivity contribution in [2.75, 3.05) is 33.8 Å². The molecule has 1 aliphatic rings. The van der Waals surface area contributed by atoms with E-state index in [0.29, 0.717) is 47.3 Å². The van der Waals surface area contributed by atoms with Gasteiger partial charge in [-0.1, -0.05) is 23.7 Å². The van der Waals surface area contributed by atoms with E-state index in [1.54, 1.807) is 24.3 Å². The topological polar surface area (TPSA) is 79.3 Å². The minimum absolute atomic E-state index is 0.0234. The van der Waals surface area contributed by atoms with Crippen LogP contribution in [0.25, 0.3) is 5.76 Å². The van der Waals surface area contributed by atoms with Crippen molar-refractivity contribution in [3.05, 3.63) is 64.2 Å². The van der Waals surface area contributed by atoms with Crippen LogP contribution in [0.5, 0.6) is 11.5 Å². The number of Topliss-reactive ketones (excluding diaryl/α,β-unsaturated/α-hetero) is 1. The van der Waals surface area contributed by atoms with Gasteiger partial charge in [0.25, 0.3) is 11.7 Å². The summed E-state index contributed by atoms with van der Waals surface area (Å²) in [5.41, 5.74) is 1.05. The molecule has 1 aliphatic heterocycles. The molecule has 0 aliphatic carbocycles. The lowest BCUT2D eigenvalue weighted by atomic mass is 9.95. The molecule has 182 valence electrons. The first-order chi connectivity index (χ1) is 16.1. The molecule has 1 fully saturated rings. The van der Waals surface area contributed by atoms with Crippen molar-refractivity contribution in [3.8, 4) is 11.5 Å². The Morgan fingerprint density at radius 3 is 2.56 bits per heavy atom. The molecule has 0 radical (unpaired) electrons. The summed E-state index contributed by atoms with van der Waals surface area (Å²) in [5, 5.41) is 11.7. The number of benzene rings is 2. The molecular formula is C26H31ClN2O5. The minimum atomic E-state index is -0.762. The van der Waals surface area contributed by atoms with Crippen LogP contribution in [0.3, 0.4) is 0 Å². The summed E-state index contributed by atoms with van der Waals surface area (Å²) in [7, 11) is 3.79. The number of carbonyl (C=O) groups is 2. The normalized spacial score (nSPS) is 17.6. The fourth-order valence-electron chi connectivity index (χ4n) is 3.87. The van der Waals surface area contributed by atoms with Gasteiger partial charge in [-0.05, 0) is 70.8 Å². The highest BCUT2D eigenvalue weighted by Crippen LogP contribution is 2.41. The molecule has 2 aromatic rings. The molecule has 1 heterocycles. The van der Waals surface area contributed by atoms with E-state index in [9.17, 15) is 14.7 Å². The van der Waals surface area contributed by atoms with Crippen LogP contribution in [0.1, 0.15) is 37.9 Å². The first kappa shape index (κ1) is 25.6. The molecule has 0 saturated carbocycles. The summed E-state index contributed by atoms with van der Waals surface area (Å²) in [6.07, 6.45) is -0.0404. The Morgan fingerprint density at radius 2 is 1.91 bits per heavy atom. The summed E-state index contributed by atoms with van der Waals surface area (Å²) in [4.78, 5) is 29.7. The van der Waals surface area contributed by atoms with Gasteiger partial charge in [0.2, 0.25) is 0 Å². The van der Waals surface area contributed by atoms with Crippen molar-refractivity contribution >= 4 is 29.1 Å². The number of likely N-dealkylation sites (N-methyl/N-ethyl adjacent to an activating group) is 1. The number of hydrogen-bond acceptors (Lipinski definition) is 6. The monoisotopic (exact) mass is 486 g/mol. The molecule has 1 saturated heterocycles. The average molecular weight is 487 g/mol. The number of halogens is 1. The summed E-state index contributed by atoms with van der Waals surface area (Å²) in [6.45, 7) is 6.94. The maximum absolute atomic E-state index is 13.2. The molecular weight excluding hydrogens is 456 g/mol. The largest absolute Gasteiger partial charge is 0.507 e. The maximum atomic E-state index is 13.2. The van der Waals surface area contributed by atoms with Crippen LogP contribution in [0.2, 0.25) is 5.02 Å². The van der Waals surface area contributed by atoms with Crippen molar-refractivity contribution in [2.24, 2.45) is 0 Å². The second-order valence-electron chi connectivity index (χ2n) is 8.61. The lowest BCUT2D eigenvalue weighted by Crippen LogP contribution is -2.35. The highest BCUT2D eigenvalue weighted by molar-refractivity contribution is 6.46. The van der Waals surface area contributed by atoms with Gasteiger partial charge < -0.3 is 24.4 Å². The third-order valence-corrected chi connectivity index (χ3v) is 5.69. The van der Waals surface area contributed by atoms with E-state index in [1.165, 1.54) is 4.90 Å². The Balaban J connectivity index is 2.16. The summed E-state index contributed by atoms with van der Waals surface area (Å²) < 4.78 is 11.4. The Hall–Kier alpha value is -3.03. The molecule has 1 amide bonds. The molecule has 0 bridgehead atoms. The van der Waals surface area contributed by atoms with Gasteiger partial charge >= 0.3 is 0 Å². The molecule has 0 spiro atoms. The Morgan fingerprint density at radius 1 is 1.18 bits per heavy atom. The highest BCUT2D eigenvalue weighted by atomic mass is 35.5. The van der Waals surface area contributed by atoms with E-state index in [-0.39, 0.29) is 17.4 Å². The molecule has 1 N–H and O–H groups in total. The first-order valence-electron chi connectivity index (χ1n) is 11.3. The van der Waals surface area contributed by atoms with Gasteiger partial charge in [0.1, 0.15) is 17.3 Å². The second kappa shape index (κ2) is 10.9. The molecule has 1 atom stereocenters. The SMILES string of the molecule is CCOc1cc(/C(O)=C2/C(=O)C(=O)N(CCN(C)C)C2c2cccc(OC(C)C)c2)ccc1Cl. The fraction of sp³-hybridized carbons (Fsp3) is 0.385. The third kappa shape index (κ3) is 5.54. The van der Waals surface area contributed by atoms with Crippen molar-refractivity contribution in [2.45, 2.75) is 32.9 Å². The van der Waals surface area contributed by atoms with Gasteiger partial charge in [-0.25, -0.2) is 0 Å². The Kier molecular flexibility index (Phi) is 8.23. The first-order valence-corrected chi connectivity index (χ1v) is 11.6. The fourth-order valence-corrected chi connectivity index (χ4v) is 4.04. The molecule has 0 aromatic heterocycles. The van der Waals surface area contributed by atoms with Crippen molar-refractivity contribution in [3.63, 3.8) is 0 Å². The standard InChI is InChI=1S/C26H31ClN2O5/c1-6-33-21-15-18(10-11-20(21)27)24(30)22-23(17-8-7-9-19(14-17)34-16(2)3)29(13-12-28(4)5)26(32)25(22)31/h7-11,14-16,23,30H,6,12-13H2,1-5H3/b24-22-. The van der Waals surface area contributed by atoms with Gasteiger partial charge in [0.15, 0.2) is 0 Å². The summed E-state index contributed by atoms with van der Waals surface area (Å²) >= 11 is 6.20. The Bertz CT molecular complexity index is 1100. The van der Waals surface area contributed by atoms with Crippen LogP contribution >= 0.6 is 11.6 Å². The van der Waals surface area contributed by atoms with E-state index in [2.05, 4.69) is 0 Å². The van der Waals surface area contributed by atoms with Gasteiger partial charge in [0.05, 0.1) is 29.3 Å². The predicted octanol–water partition coefficient (Wildman–Crippen LogP) is 4.51. The number of ketones is 1. The van der Waals surface area contributed by atoms with E-state index < -0.39 is 17.7 Å². The van der Waals surface area contributed by atoms with E-state index in [0.717, 1.165) is 0 Å². The molecule has 2 aromatic carbocycles. The number of aliphatic hydroxyl groups excluding tert-OH is 1. The lowest BCUT2D eigenvalue weighted by molar-refractivity contribution is -0.140. The van der Waals surface area contributed by atoms with Crippen molar-refractivity contribution in [1.82, 2.24) is 9.80 Å². The van der Waals surface area contributed by atoms with E-state index in [4.69, 9.17) is 21.1 Å². The number of hydrogen-bond donors (Lipinski definition) is 1. The van der Waals surface area contributed by atoms with Gasteiger partial charge in [-0.3, -0.25) is 9.59 Å². The van der Waals surface area contributed by atoms with Gasteiger partial charge in [-0.15, -0.1) is 0 Å². The quantitative estimate of drug-likeness (QED) is 0.319. The number of nitrogens with zero attached hydrogens (tertiary/aromatic N) is 2. The maximum Gasteiger partial charge on any atom is 0.295 e. The number of carbonyl (C=O) groups excluding carboxylic acids is 2. The minimum Gasteiger partial charge on any atom is -0.507 e. The third-order valence-electron chi connectivity index (χ3n) is 5.38. The van der Waals surface area contributed by atoms with E-state index in [1.807, 2.05) is 58.0 Å². The zero-order valence-corrected chi connectivity index (χ0v) is 20.9. The molecule has 8 heteroatoms. The van der Waals surface area contributed by atoms with Gasteiger partial charge in [0, 0.05) is 18.7 Å². The van der Waals surface area contributed by atoms with Gasteiger partial charge in [-0.2, -0.15) is 0 Å². The molecule has 3 rings (SSSR count). The second-order valence-corrected chi connectivity index (χ2v) is 9.02. The zero-order chi connectivity index (χ0) is 25.0. The van der Waals surface area contributed by atoms with Crippen LogP contribution in [-0.4, -0.2) is 66.5 Å². The predicted molar refractivity (Wildman–Crippen MR) is 132 cm³/mol. The number of aliphatic hydroxyl groups is 1. The summed E-state index contributed by atoms with van der Waals surface area (Å²) in [5.74, 6) is -0.648. The van der Waals surface area contributed by atoms with Crippen LogP contribution in [0, 0.1) is 0 Å². The van der Waals surface area contributed by atoms with E-state index >= 15 is 0 Å². The number of amides is 1. The molecule has 7 nitrogen and oxygen atoms in total. The Labute approximate surface area is 205 Å². The average Bonchev–Trinajstić information content (AvgIpc) is 3.03. The lowest BCUT2D eigenvalue weighted by Gasteiger charge is -2.27. The van der Waals surface area contributed by atoms with Crippen LogP contribution in [0.15, 0.2) is 48.0 Å². The van der Waals surface area contributed by atoms with Crippen LogP contribution in [0.4, 0.5) is 0 Å². The zero-order valence-electron chi connectivity index (χ0n) is 20.2. The van der Waals surface area contributed by atoms with Crippen LogP contribution in [-0.2, 0) is 9.59 Å². The summed E-state index contributed by atoms with van der Waals surface area (Å²) in [6, 6.07) is 11.3. The van der Waals surface area contributed by atoms with Crippen molar-refractivity contribution < 1.29 is 24.2 Å². The number of rotatable bonds is 9. The number of ether oxygens (including phenoxy) is 2. The highest BCUT2D eigenvalue weighted by Gasteiger charge is 2.46. The number of likely N-dealkylation sites (tertiary alicyclic amines) is 1. The smallest absolute Gasteiger partial charge is 0.295 e. The molecule has 34 heavy (non-hydrogen) atoms.